The molecule has 0 spiro atoms. The molecule has 1 saturated heterocycles. The molecule has 0 amide bonds. The van der Waals surface area contributed by atoms with Crippen LogP contribution in [0.4, 0.5) is 11.4 Å². The van der Waals surface area contributed by atoms with Gasteiger partial charge in [-0.15, -0.1) is 0 Å². The zero-order valence-corrected chi connectivity index (χ0v) is 21.9. The number of rotatable bonds is 6. The highest BCUT2D eigenvalue weighted by molar-refractivity contribution is 7.92. The molecule has 184 valence electrons. The number of hydrogen-bond acceptors (Lipinski definition) is 5. The summed E-state index contributed by atoms with van der Waals surface area (Å²) in [7, 11) is -3.38. The number of nitrogens with zero attached hydrogens (tertiary/aromatic N) is 2. The minimum absolute atomic E-state index is 0.271. The van der Waals surface area contributed by atoms with Crippen molar-refractivity contribution in [1.29, 1.82) is 0 Å². The summed E-state index contributed by atoms with van der Waals surface area (Å²) in [6.07, 6.45) is 2.86. The Kier molecular flexibility index (Phi) is 6.46. The molecule has 10 heteroatoms. The van der Waals surface area contributed by atoms with E-state index >= 15 is 0 Å². The molecule has 2 aromatic heterocycles. The van der Waals surface area contributed by atoms with Crippen LogP contribution in [0.1, 0.15) is 29.1 Å². The Bertz CT molecular complexity index is 1520. The Hall–Kier alpha value is -3.40. The molecule has 1 fully saturated rings. The highest BCUT2D eigenvalue weighted by Gasteiger charge is 2.42. The van der Waals surface area contributed by atoms with E-state index in [2.05, 4.69) is 15.0 Å². The summed E-state index contributed by atoms with van der Waals surface area (Å²) < 4.78 is 32.1. The number of aromatic nitrogens is 1. The summed E-state index contributed by atoms with van der Waals surface area (Å²) in [4.78, 5) is 6.52. The first kappa shape index (κ1) is 24.3. The zero-order valence-electron chi connectivity index (χ0n) is 19.5. The Morgan fingerprint density at radius 3 is 2.53 bits per heavy atom. The van der Waals surface area contributed by atoms with Crippen LogP contribution >= 0.6 is 23.8 Å². The lowest BCUT2D eigenvalue weighted by molar-refractivity contribution is 0.439. The maximum Gasteiger partial charge on any atom is 0.229 e. The maximum absolute atomic E-state index is 11.6. The first-order valence-electron chi connectivity index (χ1n) is 11.1. The van der Waals surface area contributed by atoms with E-state index in [0.29, 0.717) is 27.3 Å². The van der Waals surface area contributed by atoms with E-state index in [1.807, 2.05) is 72.5 Å². The largest absolute Gasteiger partial charge is 0.459 e. The van der Waals surface area contributed by atoms with Gasteiger partial charge in [0, 0.05) is 28.2 Å². The fourth-order valence-corrected chi connectivity index (χ4v) is 5.44. The number of hydrogen-bond donors (Lipinski definition) is 2. The number of sulfonamides is 1. The molecule has 1 aliphatic heterocycles. The van der Waals surface area contributed by atoms with E-state index in [1.54, 1.807) is 18.3 Å². The van der Waals surface area contributed by atoms with Crippen LogP contribution < -0.4 is 14.9 Å². The molecule has 36 heavy (non-hydrogen) atoms. The van der Waals surface area contributed by atoms with Gasteiger partial charge in [0.05, 0.1) is 18.0 Å². The molecule has 2 aromatic carbocycles. The van der Waals surface area contributed by atoms with E-state index in [0.717, 1.165) is 28.8 Å². The van der Waals surface area contributed by atoms with Crippen LogP contribution in [0, 0.1) is 6.92 Å². The van der Waals surface area contributed by atoms with Crippen LogP contribution in [0.15, 0.2) is 83.4 Å². The number of benzene rings is 2. The lowest BCUT2D eigenvalue weighted by atomic mass is 10.0. The number of thiocarbonyl (C=S) groups is 1. The molecule has 4 aromatic rings. The van der Waals surface area contributed by atoms with Crippen LogP contribution in [-0.2, 0) is 10.0 Å². The first-order chi connectivity index (χ1) is 17.2. The summed E-state index contributed by atoms with van der Waals surface area (Å²) >= 11 is 12.1. The molecule has 3 heterocycles. The van der Waals surface area contributed by atoms with Gasteiger partial charge < -0.3 is 14.6 Å². The Morgan fingerprint density at radius 1 is 1.06 bits per heavy atom. The van der Waals surface area contributed by atoms with Gasteiger partial charge in [0.25, 0.3) is 0 Å². The SMILES string of the molecule is Cc1c(Cl)cccc1-c1ccc([C@@H]2[C@H](c3ccccn3)NC(=S)N2c2ccc(NS(C)(=O)=O)cc2)o1. The maximum atomic E-state index is 11.6. The first-order valence-corrected chi connectivity index (χ1v) is 13.8. The molecule has 7 nitrogen and oxygen atoms in total. The number of pyridine rings is 1. The predicted molar refractivity (Wildman–Crippen MR) is 147 cm³/mol. The second kappa shape index (κ2) is 9.57. The van der Waals surface area contributed by atoms with Crippen molar-refractivity contribution >= 4 is 50.3 Å². The highest BCUT2D eigenvalue weighted by Crippen LogP contribution is 2.43. The van der Waals surface area contributed by atoms with Crippen LogP contribution in [-0.4, -0.2) is 24.8 Å². The monoisotopic (exact) mass is 538 g/mol. The van der Waals surface area contributed by atoms with Gasteiger partial charge in [0.1, 0.15) is 17.6 Å². The molecule has 0 unspecified atom stereocenters. The van der Waals surface area contributed by atoms with Crippen LogP contribution in [0.3, 0.4) is 0 Å². The smallest absolute Gasteiger partial charge is 0.229 e. The number of halogens is 1. The van der Waals surface area contributed by atoms with Crippen molar-refractivity contribution in [2.24, 2.45) is 0 Å². The average Bonchev–Trinajstić information content (AvgIpc) is 3.45. The molecular weight excluding hydrogens is 516 g/mol. The second-order valence-corrected chi connectivity index (χ2v) is 11.1. The van der Waals surface area contributed by atoms with E-state index in [4.69, 9.17) is 28.2 Å². The third-order valence-electron chi connectivity index (χ3n) is 6.00. The van der Waals surface area contributed by atoms with Crippen molar-refractivity contribution in [2.45, 2.75) is 19.0 Å². The van der Waals surface area contributed by atoms with Crippen molar-refractivity contribution in [3.8, 4) is 11.3 Å². The van der Waals surface area contributed by atoms with Crippen molar-refractivity contribution in [2.75, 3.05) is 15.9 Å². The van der Waals surface area contributed by atoms with Crippen LogP contribution in [0.5, 0.6) is 0 Å². The Balaban J connectivity index is 1.57. The number of anilines is 2. The van der Waals surface area contributed by atoms with Crippen molar-refractivity contribution in [3.05, 3.63) is 101 Å². The quantitative estimate of drug-likeness (QED) is 0.298. The van der Waals surface area contributed by atoms with Gasteiger partial charge in [-0.05, 0) is 79.3 Å². The average molecular weight is 539 g/mol. The van der Waals surface area contributed by atoms with Crippen molar-refractivity contribution in [3.63, 3.8) is 0 Å². The van der Waals surface area contributed by atoms with Gasteiger partial charge in [0.15, 0.2) is 5.11 Å². The number of nitrogens with one attached hydrogen (secondary N) is 2. The molecular formula is C26H23ClN4O3S2. The third kappa shape index (κ3) is 4.82. The summed E-state index contributed by atoms with van der Waals surface area (Å²) in [5.74, 6) is 1.40. The van der Waals surface area contributed by atoms with Gasteiger partial charge in [-0.1, -0.05) is 29.8 Å². The summed E-state index contributed by atoms with van der Waals surface area (Å²) in [5, 5.41) is 4.57. The Labute approximate surface area is 220 Å². The number of furan rings is 1. The van der Waals surface area contributed by atoms with E-state index in [1.165, 1.54) is 0 Å². The van der Waals surface area contributed by atoms with Crippen LogP contribution in [0.2, 0.25) is 5.02 Å². The summed E-state index contributed by atoms with van der Waals surface area (Å²) in [6, 6.07) is 21.8. The molecule has 5 rings (SSSR count). The van der Waals surface area contributed by atoms with Crippen LogP contribution in [0.25, 0.3) is 11.3 Å². The van der Waals surface area contributed by atoms with Crippen molar-refractivity contribution < 1.29 is 12.8 Å². The fraction of sp³-hybridized carbons (Fsp3) is 0.154. The van der Waals surface area contributed by atoms with E-state index in [-0.39, 0.29) is 12.1 Å². The molecule has 0 saturated carbocycles. The zero-order chi connectivity index (χ0) is 25.4. The minimum atomic E-state index is -3.38. The molecule has 0 radical (unpaired) electrons. The van der Waals surface area contributed by atoms with Crippen molar-refractivity contribution in [1.82, 2.24) is 10.3 Å². The van der Waals surface area contributed by atoms with Gasteiger partial charge >= 0.3 is 0 Å². The molecule has 0 aliphatic carbocycles. The molecule has 1 aliphatic rings. The predicted octanol–water partition coefficient (Wildman–Crippen LogP) is 5.85. The second-order valence-electron chi connectivity index (χ2n) is 8.53. The van der Waals surface area contributed by atoms with Gasteiger partial charge in [-0.25, -0.2) is 8.42 Å². The molecule has 2 N–H and O–H groups in total. The van der Waals surface area contributed by atoms with E-state index in [9.17, 15) is 8.42 Å². The molecule has 2 atom stereocenters. The summed E-state index contributed by atoms with van der Waals surface area (Å²) in [6.45, 7) is 1.96. The summed E-state index contributed by atoms with van der Waals surface area (Å²) in [5.41, 5.74) is 3.92. The highest BCUT2D eigenvalue weighted by atomic mass is 35.5. The normalized spacial score (nSPS) is 17.8. The fourth-order valence-electron chi connectivity index (χ4n) is 4.36. The minimum Gasteiger partial charge on any atom is -0.459 e. The lowest BCUT2D eigenvalue weighted by Gasteiger charge is -2.26. The Morgan fingerprint density at radius 2 is 1.83 bits per heavy atom. The van der Waals surface area contributed by atoms with E-state index < -0.39 is 10.0 Å². The molecule has 0 bridgehead atoms. The van der Waals surface area contributed by atoms with Gasteiger partial charge in [-0.3, -0.25) is 9.71 Å². The lowest BCUT2D eigenvalue weighted by Crippen LogP contribution is -2.29. The van der Waals surface area contributed by atoms with Gasteiger partial charge in [0.2, 0.25) is 10.0 Å². The van der Waals surface area contributed by atoms with Gasteiger partial charge in [-0.2, -0.15) is 0 Å². The standard InChI is InChI=1S/C26H23ClN4O3S2/c1-16-19(6-5-7-20(16)27)22-13-14-23(34-22)25-24(21-8-3-4-15-28-21)29-26(35)31(25)18-11-9-17(10-12-18)30-36(2,32)33/h3-15,24-25,30H,1-2H3,(H,29,35)/t24-,25+/m0/s1. The topological polar surface area (TPSA) is 87.5 Å². The third-order valence-corrected chi connectivity index (χ3v) is 7.33.